The van der Waals surface area contributed by atoms with Crippen molar-refractivity contribution in [1.29, 1.82) is 0 Å². The highest BCUT2D eigenvalue weighted by Crippen LogP contribution is 2.27. The Morgan fingerprint density at radius 1 is 1.13 bits per heavy atom. The zero-order valence-corrected chi connectivity index (χ0v) is 24.1. The number of hydrogen-bond acceptors (Lipinski definition) is 5. The van der Waals surface area contributed by atoms with Crippen LogP contribution in [0.4, 0.5) is 10.1 Å². The summed E-state index contributed by atoms with van der Waals surface area (Å²) < 4.78 is 13.3. The van der Waals surface area contributed by atoms with Crippen molar-refractivity contribution in [2.75, 3.05) is 52.1 Å². The standard InChI is InChI=1S/C27H33ClFN5O2.2ClH/c1-18-10-20(25(11-24(18)28)31-26(35)17-32(2)3)6-9-27(36)34-22-12-30-13-23(34)16-33(15-22)14-19-4-7-21(29)8-5-19;;/h4-11,22-23,30H,12-17H2,1-3H3,(H,31,35);2*1H/b9-6+;;. The van der Waals surface area contributed by atoms with Gasteiger partial charge in [0.05, 0.1) is 18.6 Å². The van der Waals surface area contributed by atoms with Gasteiger partial charge in [-0.3, -0.25) is 14.5 Å². The lowest BCUT2D eigenvalue weighted by Crippen LogP contribution is -2.68. The number of carbonyl (C=O) groups excluding carboxylic acids is 2. The molecule has 2 bridgehead atoms. The molecule has 2 unspecified atom stereocenters. The molecule has 7 nitrogen and oxygen atoms in total. The summed E-state index contributed by atoms with van der Waals surface area (Å²) in [6.45, 7) is 5.79. The van der Waals surface area contributed by atoms with Crippen LogP contribution in [-0.4, -0.2) is 85.4 Å². The first kappa shape index (κ1) is 32.0. The molecule has 0 radical (unpaired) electrons. The molecular weight excluding hydrogens is 552 g/mol. The maximum Gasteiger partial charge on any atom is 0.247 e. The van der Waals surface area contributed by atoms with Gasteiger partial charge < -0.3 is 20.4 Å². The fraction of sp³-hybridized carbons (Fsp3) is 0.407. The number of likely N-dealkylation sites (N-methyl/N-ethyl adjacent to an activating group) is 1. The minimum atomic E-state index is -0.238. The summed E-state index contributed by atoms with van der Waals surface area (Å²) in [5, 5.41) is 6.89. The van der Waals surface area contributed by atoms with Crippen LogP contribution in [0.2, 0.25) is 5.02 Å². The first-order valence-corrected chi connectivity index (χ1v) is 12.5. The Labute approximate surface area is 241 Å². The average Bonchev–Trinajstić information content (AvgIpc) is 2.80. The van der Waals surface area contributed by atoms with Gasteiger partial charge in [-0.05, 0) is 68.1 Å². The summed E-state index contributed by atoms with van der Waals surface area (Å²) in [5.74, 6) is -0.441. The number of rotatable bonds is 7. The lowest BCUT2D eigenvalue weighted by Gasteiger charge is -2.50. The highest BCUT2D eigenvalue weighted by atomic mass is 35.5. The number of aryl methyl sites for hydroxylation is 1. The van der Waals surface area contributed by atoms with Gasteiger partial charge in [-0.2, -0.15) is 0 Å². The number of nitrogens with zero attached hydrogens (tertiary/aromatic N) is 3. The predicted molar refractivity (Wildman–Crippen MR) is 156 cm³/mol. The summed E-state index contributed by atoms with van der Waals surface area (Å²) in [6, 6.07) is 10.3. The van der Waals surface area contributed by atoms with E-state index in [0.29, 0.717) is 10.7 Å². The fourth-order valence-corrected chi connectivity index (χ4v) is 5.06. The molecule has 2 N–H and O–H groups in total. The normalized spacial score (nSPS) is 19.2. The van der Waals surface area contributed by atoms with Gasteiger partial charge in [0.15, 0.2) is 0 Å². The molecule has 2 heterocycles. The van der Waals surface area contributed by atoms with E-state index >= 15 is 0 Å². The van der Waals surface area contributed by atoms with Gasteiger partial charge >= 0.3 is 0 Å². The molecule has 208 valence electrons. The largest absolute Gasteiger partial charge is 0.328 e. The van der Waals surface area contributed by atoms with Crippen molar-refractivity contribution in [3.63, 3.8) is 0 Å². The van der Waals surface area contributed by atoms with Crippen LogP contribution in [-0.2, 0) is 16.1 Å². The molecule has 0 aliphatic carbocycles. The monoisotopic (exact) mass is 585 g/mol. The van der Waals surface area contributed by atoms with E-state index in [9.17, 15) is 14.0 Å². The number of carbonyl (C=O) groups is 2. The van der Waals surface area contributed by atoms with Gasteiger partial charge in [-0.1, -0.05) is 23.7 Å². The zero-order valence-electron chi connectivity index (χ0n) is 21.7. The first-order chi connectivity index (χ1) is 17.2. The van der Waals surface area contributed by atoms with Crippen molar-refractivity contribution in [1.82, 2.24) is 20.0 Å². The Kier molecular flexibility index (Phi) is 12.0. The van der Waals surface area contributed by atoms with Crippen LogP contribution in [0.15, 0.2) is 42.5 Å². The third kappa shape index (κ3) is 8.15. The zero-order chi connectivity index (χ0) is 25.8. The third-order valence-corrected chi connectivity index (χ3v) is 6.94. The second kappa shape index (κ2) is 14.3. The second-order valence-electron chi connectivity index (χ2n) is 9.84. The van der Waals surface area contributed by atoms with Crippen molar-refractivity contribution < 1.29 is 14.0 Å². The molecule has 2 aliphatic heterocycles. The van der Waals surface area contributed by atoms with E-state index in [1.165, 1.54) is 12.1 Å². The number of piperazine rings is 2. The Morgan fingerprint density at radius 3 is 2.37 bits per heavy atom. The van der Waals surface area contributed by atoms with Crippen LogP contribution in [0.3, 0.4) is 0 Å². The van der Waals surface area contributed by atoms with Crippen LogP contribution < -0.4 is 10.6 Å². The van der Waals surface area contributed by atoms with Crippen LogP contribution in [0.25, 0.3) is 6.08 Å². The Hall–Kier alpha value is -2.20. The molecule has 0 spiro atoms. The van der Waals surface area contributed by atoms with Gasteiger partial charge in [0, 0.05) is 49.5 Å². The van der Waals surface area contributed by atoms with E-state index in [1.807, 2.05) is 44.1 Å². The summed E-state index contributed by atoms with van der Waals surface area (Å²) >= 11 is 6.31. The Morgan fingerprint density at radius 2 is 1.76 bits per heavy atom. The van der Waals surface area contributed by atoms with Crippen LogP contribution in [0, 0.1) is 12.7 Å². The van der Waals surface area contributed by atoms with Crippen molar-refractivity contribution in [3.05, 3.63) is 70.0 Å². The number of benzene rings is 2. The second-order valence-corrected chi connectivity index (χ2v) is 10.2. The highest BCUT2D eigenvalue weighted by Gasteiger charge is 2.39. The van der Waals surface area contributed by atoms with Gasteiger partial charge in [0.25, 0.3) is 0 Å². The van der Waals surface area contributed by atoms with Crippen molar-refractivity contribution in [2.45, 2.75) is 25.6 Å². The van der Waals surface area contributed by atoms with E-state index < -0.39 is 0 Å². The van der Waals surface area contributed by atoms with E-state index in [0.717, 1.165) is 49.4 Å². The molecule has 38 heavy (non-hydrogen) atoms. The van der Waals surface area contributed by atoms with E-state index in [2.05, 4.69) is 15.5 Å². The number of hydrogen-bond donors (Lipinski definition) is 2. The number of anilines is 1. The van der Waals surface area contributed by atoms with Crippen molar-refractivity contribution >= 4 is 60.0 Å². The van der Waals surface area contributed by atoms with Crippen LogP contribution in [0.1, 0.15) is 16.7 Å². The maximum absolute atomic E-state index is 13.3. The van der Waals surface area contributed by atoms with E-state index in [4.69, 9.17) is 11.6 Å². The molecule has 2 amide bonds. The molecule has 4 rings (SSSR count). The quantitative estimate of drug-likeness (QED) is 0.483. The summed E-state index contributed by atoms with van der Waals surface area (Å²) in [5.41, 5.74) is 3.23. The van der Waals surface area contributed by atoms with Crippen LogP contribution in [0.5, 0.6) is 0 Å². The number of halogens is 4. The topological polar surface area (TPSA) is 67.9 Å². The Balaban J connectivity index is 0.00000253. The minimum absolute atomic E-state index is 0. The lowest BCUT2D eigenvalue weighted by molar-refractivity contribution is -0.136. The van der Waals surface area contributed by atoms with Gasteiger partial charge in [0.1, 0.15) is 5.82 Å². The molecule has 2 atom stereocenters. The van der Waals surface area contributed by atoms with Crippen molar-refractivity contribution in [2.24, 2.45) is 0 Å². The molecule has 2 aromatic rings. The molecule has 0 aromatic heterocycles. The third-order valence-electron chi connectivity index (χ3n) is 6.53. The number of amides is 2. The first-order valence-electron chi connectivity index (χ1n) is 12.1. The Bertz CT molecular complexity index is 1130. The predicted octanol–water partition coefficient (Wildman–Crippen LogP) is 3.83. The molecule has 2 fully saturated rings. The average molecular weight is 587 g/mol. The number of nitrogens with one attached hydrogen (secondary N) is 2. The molecule has 0 saturated carbocycles. The molecule has 2 aliphatic rings. The fourth-order valence-electron chi connectivity index (χ4n) is 4.90. The van der Waals surface area contributed by atoms with Gasteiger partial charge in [-0.15, -0.1) is 24.8 Å². The maximum atomic E-state index is 13.3. The SMILES string of the molecule is Cc1cc(/C=C/C(=O)N2C3CNCC2CN(Cc2ccc(F)cc2)C3)c(NC(=O)CN(C)C)cc1Cl.Cl.Cl. The molecule has 11 heteroatoms. The summed E-state index contributed by atoms with van der Waals surface area (Å²) in [6.07, 6.45) is 3.34. The molecule has 2 saturated heterocycles. The summed E-state index contributed by atoms with van der Waals surface area (Å²) in [7, 11) is 3.65. The molecule has 2 aromatic carbocycles. The molecular formula is C27H35Cl3FN5O2. The van der Waals surface area contributed by atoms with Gasteiger partial charge in [-0.25, -0.2) is 4.39 Å². The smallest absolute Gasteiger partial charge is 0.247 e. The lowest BCUT2D eigenvalue weighted by atomic mass is 10.00. The highest BCUT2D eigenvalue weighted by molar-refractivity contribution is 6.31. The van der Waals surface area contributed by atoms with Gasteiger partial charge in [0.2, 0.25) is 11.8 Å². The minimum Gasteiger partial charge on any atom is -0.328 e. The van der Waals surface area contributed by atoms with E-state index in [1.54, 1.807) is 23.1 Å². The summed E-state index contributed by atoms with van der Waals surface area (Å²) in [4.78, 5) is 31.8. The van der Waals surface area contributed by atoms with E-state index in [-0.39, 0.29) is 61.1 Å². The van der Waals surface area contributed by atoms with Crippen LogP contribution >= 0.6 is 36.4 Å². The van der Waals surface area contributed by atoms with Crippen molar-refractivity contribution in [3.8, 4) is 0 Å². The number of fused-ring (bicyclic) bond motifs is 2.